The van der Waals surface area contributed by atoms with Crippen molar-refractivity contribution < 1.29 is 9.84 Å². The molecule has 0 radical (unpaired) electrons. The zero-order valence-corrected chi connectivity index (χ0v) is 15.9. The van der Waals surface area contributed by atoms with Crippen molar-refractivity contribution in [3.05, 3.63) is 42.2 Å². The summed E-state index contributed by atoms with van der Waals surface area (Å²) in [6, 6.07) is 10.0. The average Bonchev–Trinajstić information content (AvgIpc) is 3.45. The van der Waals surface area contributed by atoms with Gasteiger partial charge in [-0.1, -0.05) is 24.2 Å². The number of benzene rings is 1. The van der Waals surface area contributed by atoms with E-state index in [1.807, 2.05) is 36.5 Å². The minimum absolute atomic E-state index is 0.104. The molecule has 2 aromatic heterocycles. The molecule has 1 aromatic carbocycles. The van der Waals surface area contributed by atoms with Crippen molar-refractivity contribution in [1.82, 2.24) is 9.97 Å². The molecule has 2 aliphatic carbocycles. The van der Waals surface area contributed by atoms with Crippen molar-refractivity contribution in [3.63, 3.8) is 0 Å². The number of nitrogens with zero attached hydrogens (tertiary/aromatic N) is 2. The Morgan fingerprint density at radius 2 is 1.89 bits per heavy atom. The van der Waals surface area contributed by atoms with Crippen LogP contribution in [0.5, 0.6) is 11.5 Å². The summed E-state index contributed by atoms with van der Waals surface area (Å²) in [7, 11) is 0. The summed E-state index contributed by atoms with van der Waals surface area (Å²) in [5.41, 5.74) is 2.08. The van der Waals surface area contributed by atoms with E-state index in [2.05, 4.69) is 15.3 Å². The van der Waals surface area contributed by atoms with Gasteiger partial charge in [0.05, 0.1) is 22.4 Å². The third-order valence-electron chi connectivity index (χ3n) is 5.38. The second-order valence-corrected chi connectivity index (χ2v) is 8.57. The van der Waals surface area contributed by atoms with E-state index < -0.39 is 0 Å². The van der Waals surface area contributed by atoms with E-state index in [1.54, 1.807) is 11.3 Å². The Labute approximate surface area is 162 Å². The van der Waals surface area contributed by atoms with Crippen LogP contribution in [0.15, 0.2) is 36.5 Å². The van der Waals surface area contributed by atoms with Gasteiger partial charge in [-0.25, -0.2) is 4.98 Å². The molecule has 2 saturated carbocycles. The summed E-state index contributed by atoms with van der Waals surface area (Å²) < 4.78 is 7.14. The molecule has 2 N–H and O–H groups in total. The first-order chi connectivity index (χ1) is 13.2. The van der Waals surface area contributed by atoms with Gasteiger partial charge < -0.3 is 15.2 Å². The van der Waals surface area contributed by atoms with Crippen molar-refractivity contribution in [2.75, 3.05) is 5.32 Å². The Bertz CT molecular complexity index is 954. The number of hydrogen-bond acceptors (Lipinski definition) is 6. The molecule has 2 heterocycles. The highest BCUT2D eigenvalue weighted by molar-refractivity contribution is 7.22. The molecule has 5 nitrogen and oxygen atoms in total. The van der Waals surface area contributed by atoms with Crippen LogP contribution in [0.2, 0.25) is 0 Å². The van der Waals surface area contributed by atoms with E-state index in [-0.39, 0.29) is 12.1 Å². The summed E-state index contributed by atoms with van der Waals surface area (Å²) in [5, 5.41) is 14.5. The molecule has 3 aromatic rings. The van der Waals surface area contributed by atoms with Gasteiger partial charge in [-0.2, -0.15) is 0 Å². The predicted molar refractivity (Wildman–Crippen MR) is 108 cm³/mol. The van der Waals surface area contributed by atoms with E-state index in [4.69, 9.17) is 4.74 Å². The first-order valence-corrected chi connectivity index (χ1v) is 10.6. The Morgan fingerprint density at radius 3 is 2.74 bits per heavy atom. The number of ether oxygens (including phenoxy) is 1. The molecule has 0 aliphatic heterocycles. The zero-order chi connectivity index (χ0) is 18.2. The maximum atomic E-state index is 10.2. The molecule has 140 valence electrons. The highest BCUT2D eigenvalue weighted by Crippen LogP contribution is 2.40. The van der Waals surface area contributed by atoms with E-state index in [0.29, 0.717) is 5.92 Å². The van der Waals surface area contributed by atoms with Crippen molar-refractivity contribution in [2.24, 2.45) is 0 Å². The van der Waals surface area contributed by atoms with Crippen LogP contribution in [0, 0.1) is 0 Å². The molecule has 27 heavy (non-hydrogen) atoms. The smallest absolute Gasteiger partial charge is 0.184 e. The Hall–Kier alpha value is -2.18. The summed E-state index contributed by atoms with van der Waals surface area (Å²) >= 11 is 1.61. The molecule has 0 bridgehead atoms. The van der Waals surface area contributed by atoms with Crippen LogP contribution in [0.25, 0.3) is 10.2 Å². The van der Waals surface area contributed by atoms with Gasteiger partial charge in [-0.3, -0.25) is 4.98 Å². The summed E-state index contributed by atoms with van der Waals surface area (Å²) in [6.45, 7) is 0. The van der Waals surface area contributed by atoms with E-state index >= 15 is 0 Å². The lowest BCUT2D eigenvalue weighted by Crippen LogP contribution is -2.36. The van der Waals surface area contributed by atoms with Crippen molar-refractivity contribution in [1.29, 1.82) is 0 Å². The second-order valence-electron chi connectivity index (χ2n) is 7.54. The molecule has 0 spiro atoms. The Balaban J connectivity index is 1.33. The second kappa shape index (κ2) is 7.09. The minimum atomic E-state index is -0.281. The van der Waals surface area contributed by atoms with Gasteiger partial charge in [0, 0.05) is 29.9 Å². The third kappa shape index (κ3) is 3.77. The van der Waals surface area contributed by atoms with E-state index in [9.17, 15) is 5.11 Å². The van der Waals surface area contributed by atoms with E-state index in [1.165, 1.54) is 12.8 Å². The van der Waals surface area contributed by atoms with Gasteiger partial charge in [0.1, 0.15) is 11.5 Å². The van der Waals surface area contributed by atoms with Gasteiger partial charge in [0.15, 0.2) is 5.13 Å². The standard InChI is InChI=1S/C21H23N3O2S/c25-19-4-2-1-3-16(19)23-21-24-17-8-7-14(12-20(17)27-21)26-15-9-10-22-18(11-15)13-5-6-13/h7-13,16,19,25H,1-6H2,(H,23,24)/t16-,19-/m1/s1. The van der Waals surface area contributed by atoms with Gasteiger partial charge in [0.25, 0.3) is 0 Å². The van der Waals surface area contributed by atoms with Crippen molar-refractivity contribution in [3.8, 4) is 11.5 Å². The normalized spacial score (nSPS) is 22.7. The number of anilines is 1. The number of rotatable bonds is 5. The van der Waals surface area contributed by atoms with Crippen LogP contribution < -0.4 is 10.1 Å². The fourth-order valence-electron chi connectivity index (χ4n) is 3.70. The molecular formula is C21H23N3O2S. The summed E-state index contributed by atoms with van der Waals surface area (Å²) in [6.07, 6.45) is 8.14. The molecule has 0 unspecified atom stereocenters. The molecular weight excluding hydrogens is 358 g/mol. The van der Waals surface area contributed by atoms with Gasteiger partial charge in [-0.15, -0.1) is 0 Å². The minimum Gasteiger partial charge on any atom is -0.457 e. The van der Waals surface area contributed by atoms with Crippen LogP contribution in [0.4, 0.5) is 5.13 Å². The summed E-state index contributed by atoms with van der Waals surface area (Å²) in [5.74, 6) is 2.25. The number of pyridine rings is 1. The van der Waals surface area contributed by atoms with E-state index in [0.717, 1.165) is 58.2 Å². The van der Waals surface area contributed by atoms with Crippen molar-refractivity contribution >= 4 is 26.7 Å². The maximum Gasteiger partial charge on any atom is 0.184 e. The first kappa shape index (κ1) is 17.0. The number of thiazole rings is 1. The van der Waals surface area contributed by atoms with Crippen LogP contribution in [-0.4, -0.2) is 27.2 Å². The largest absolute Gasteiger partial charge is 0.457 e. The van der Waals surface area contributed by atoms with Crippen LogP contribution >= 0.6 is 11.3 Å². The number of nitrogens with one attached hydrogen (secondary N) is 1. The fourth-order valence-corrected chi connectivity index (χ4v) is 4.65. The van der Waals surface area contributed by atoms with Gasteiger partial charge >= 0.3 is 0 Å². The lowest BCUT2D eigenvalue weighted by atomic mass is 9.93. The lowest BCUT2D eigenvalue weighted by Gasteiger charge is -2.27. The maximum absolute atomic E-state index is 10.2. The fraction of sp³-hybridized carbons (Fsp3) is 0.429. The molecule has 0 amide bonds. The number of aromatic nitrogens is 2. The number of hydrogen-bond donors (Lipinski definition) is 2. The number of aliphatic hydroxyl groups excluding tert-OH is 1. The molecule has 0 saturated heterocycles. The summed E-state index contributed by atoms with van der Waals surface area (Å²) in [4.78, 5) is 9.11. The average molecular weight is 382 g/mol. The van der Waals surface area contributed by atoms with Crippen LogP contribution in [0.3, 0.4) is 0 Å². The predicted octanol–water partition coefficient (Wildman–Crippen LogP) is 5.08. The molecule has 2 fully saturated rings. The first-order valence-electron chi connectivity index (χ1n) is 9.73. The lowest BCUT2D eigenvalue weighted by molar-refractivity contribution is 0.116. The van der Waals surface area contributed by atoms with Crippen molar-refractivity contribution in [2.45, 2.75) is 56.6 Å². The molecule has 2 aliphatic rings. The molecule has 2 atom stereocenters. The van der Waals surface area contributed by atoms with Crippen LogP contribution in [0.1, 0.15) is 50.1 Å². The molecule has 5 rings (SSSR count). The number of aliphatic hydroxyl groups is 1. The zero-order valence-electron chi connectivity index (χ0n) is 15.1. The Morgan fingerprint density at radius 1 is 1.04 bits per heavy atom. The SMILES string of the molecule is O[C@@H]1CCCC[C@H]1Nc1nc2ccc(Oc3ccnc(C4CC4)c3)cc2s1. The molecule has 6 heteroatoms. The topological polar surface area (TPSA) is 67.3 Å². The third-order valence-corrected chi connectivity index (χ3v) is 6.33. The van der Waals surface area contributed by atoms with Gasteiger partial charge in [0.2, 0.25) is 0 Å². The quantitative estimate of drug-likeness (QED) is 0.645. The van der Waals surface area contributed by atoms with Gasteiger partial charge in [-0.05, 0) is 43.9 Å². The highest BCUT2D eigenvalue weighted by Gasteiger charge is 2.25. The van der Waals surface area contributed by atoms with Crippen LogP contribution in [-0.2, 0) is 0 Å². The monoisotopic (exact) mass is 381 g/mol. The number of fused-ring (bicyclic) bond motifs is 1. The highest BCUT2D eigenvalue weighted by atomic mass is 32.1. The Kier molecular flexibility index (Phi) is 4.45.